The highest BCUT2D eigenvalue weighted by Crippen LogP contribution is 2.39. The molecule has 206 valence electrons. The fourth-order valence-corrected chi connectivity index (χ4v) is 3.82. The second-order valence-corrected chi connectivity index (χ2v) is 8.36. The van der Waals surface area contributed by atoms with Crippen molar-refractivity contribution in [2.45, 2.75) is 77.0 Å². The van der Waals surface area contributed by atoms with Crippen LogP contribution in [-0.4, -0.2) is 18.7 Å². The third-order valence-electron chi connectivity index (χ3n) is 5.95. The van der Waals surface area contributed by atoms with Crippen LogP contribution in [0.15, 0.2) is 48.5 Å². The Hall–Kier alpha value is -2.61. The van der Waals surface area contributed by atoms with Gasteiger partial charge in [-0.3, -0.25) is 0 Å². The summed E-state index contributed by atoms with van der Waals surface area (Å²) in [6, 6.07) is 12.6. The summed E-state index contributed by atoms with van der Waals surface area (Å²) in [4.78, 5) is 0. The number of rotatable bonds is 5. The first-order chi connectivity index (χ1) is 17.3. The van der Waals surface area contributed by atoms with E-state index in [-0.39, 0.29) is 24.8 Å². The van der Waals surface area contributed by atoms with Crippen LogP contribution in [-0.2, 0) is 22.6 Å². The van der Waals surface area contributed by atoms with Gasteiger partial charge in [0.1, 0.15) is 5.54 Å². The molecule has 2 aromatic carbocycles. The van der Waals surface area contributed by atoms with E-state index in [1.807, 2.05) is 45.9 Å². The fraction of sp³-hybridized carbons (Fsp3) is 0.519. The van der Waals surface area contributed by atoms with Gasteiger partial charge in [-0.05, 0) is 49.1 Å². The van der Waals surface area contributed by atoms with Crippen LogP contribution in [0.2, 0.25) is 0 Å². The van der Waals surface area contributed by atoms with Crippen LogP contribution >= 0.6 is 0 Å². The molecule has 0 amide bonds. The van der Waals surface area contributed by atoms with Gasteiger partial charge in [0.15, 0.2) is 0 Å². The van der Waals surface area contributed by atoms with Gasteiger partial charge in [-0.25, -0.2) is 0 Å². The van der Waals surface area contributed by atoms with Gasteiger partial charge in [-0.1, -0.05) is 58.0 Å². The summed E-state index contributed by atoms with van der Waals surface area (Å²) in [5.74, 6) is 0. The number of alkyl halides is 6. The lowest BCUT2D eigenvalue weighted by molar-refractivity contribution is -0.143. The molecule has 1 fully saturated rings. The second-order valence-electron chi connectivity index (χ2n) is 8.36. The van der Waals surface area contributed by atoms with Crippen LogP contribution < -0.4 is 11.1 Å². The molecule has 3 rings (SSSR count). The third kappa shape index (κ3) is 8.45. The van der Waals surface area contributed by atoms with Crippen molar-refractivity contribution in [3.63, 3.8) is 0 Å². The summed E-state index contributed by atoms with van der Waals surface area (Å²) in [5, 5.41) is 12.5. The zero-order valence-electron chi connectivity index (χ0n) is 21.7. The molecule has 3 N–H and O–H groups in total. The Morgan fingerprint density at radius 1 is 0.946 bits per heavy atom. The monoisotopic (exact) mass is 531 g/mol. The third-order valence-corrected chi connectivity index (χ3v) is 5.95. The fourth-order valence-electron chi connectivity index (χ4n) is 3.82. The van der Waals surface area contributed by atoms with E-state index >= 15 is 0 Å². The van der Waals surface area contributed by atoms with Crippen molar-refractivity contribution < 1.29 is 31.1 Å². The van der Waals surface area contributed by atoms with E-state index in [4.69, 9.17) is 10.5 Å². The highest BCUT2D eigenvalue weighted by Gasteiger charge is 2.43. The lowest BCUT2D eigenvalue weighted by Crippen LogP contribution is -2.61. The molecule has 0 aromatic heterocycles. The molecule has 1 saturated heterocycles. The van der Waals surface area contributed by atoms with Gasteiger partial charge in [0.25, 0.3) is 0 Å². The molecular weight excluding hydrogens is 496 g/mol. The summed E-state index contributed by atoms with van der Waals surface area (Å²) in [5.41, 5.74) is 1.96. The normalized spacial score (nSPS) is 22.5. The smallest absolute Gasteiger partial charge is 0.372 e. The van der Waals surface area contributed by atoms with Gasteiger partial charge >= 0.3 is 12.4 Å². The highest BCUT2D eigenvalue weighted by molar-refractivity contribution is 5.35. The minimum atomic E-state index is -4.94. The molecule has 2 aromatic rings. The van der Waals surface area contributed by atoms with Crippen LogP contribution in [0, 0.1) is 11.3 Å². The van der Waals surface area contributed by atoms with Crippen molar-refractivity contribution in [3.8, 4) is 6.07 Å². The van der Waals surface area contributed by atoms with Crippen LogP contribution in [0.25, 0.3) is 0 Å². The topological polar surface area (TPSA) is 71.1 Å². The number of ether oxygens (including phenoxy) is 1. The Morgan fingerprint density at radius 3 is 1.86 bits per heavy atom. The lowest BCUT2D eigenvalue weighted by Gasteiger charge is -2.44. The zero-order chi connectivity index (χ0) is 28.5. The van der Waals surface area contributed by atoms with Gasteiger partial charge in [0.05, 0.1) is 35.4 Å². The largest absolute Gasteiger partial charge is 0.416 e. The van der Waals surface area contributed by atoms with Gasteiger partial charge < -0.3 is 15.8 Å². The standard InChI is InChI=1S/C23H23F6N3O.2C2H6/c1-15(16-9-18(22(24,25)26)11-19(10-16)23(27,28)29)33-14-21(17-5-3-2-4-6-17)8-7-20(31,12-30)13-32-21;2*1-2/h2-6,9-11,15,32H,7-8,13-14,31H2,1H3;2*1-2H3/t15-,20-,21-;;/m1../s1. The molecule has 1 aliphatic rings. The van der Waals surface area contributed by atoms with E-state index in [1.54, 1.807) is 12.1 Å². The van der Waals surface area contributed by atoms with E-state index in [0.717, 1.165) is 5.56 Å². The molecule has 1 heterocycles. The summed E-state index contributed by atoms with van der Waals surface area (Å²) >= 11 is 0. The van der Waals surface area contributed by atoms with Crippen molar-refractivity contribution in [2.24, 2.45) is 5.73 Å². The Bertz CT molecular complexity index is 975. The SMILES string of the molecule is CC.CC.C[C@@H](OC[C@@]1(c2ccccc2)CC[C@@](N)(C#N)CN1)c1cc(C(F)(F)F)cc(C(F)(F)F)c1. The number of hydrogen-bond donors (Lipinski definition) is 2. The van der Waals surface area contributed by atoms with Crippen molar-refractivity contribution in [3.05, 3.63) is 70.8 Å². The number of benzene rings is 2. The molecule has 0 saturated carbocycles. The summed E-state index contributed by atoms with van der Waals surface area (Å²) in [6.07, 6.45) is -10.2. The number of hydrogen-bond acceptors (Lipinski definition) is 4. The van der Waals surface area contributed by atoms with Crippen molar-refractivity contribution >= 4 is 0 Å². The molecule has 37 heavy (non-hydrogen) atoms. The van der Waals surface area contributed by atoms with Crippen molar-refractivity contribution in [1.29, 1.82) is 5.26 Å². The maximum absolute atomic E-state index is 13.2. The lowest BCUT2D eigenvalue weighted by atomic mass is 9.77. The first kappa shape index (κ1) is 32.4. The number of nitrogens with zero attached hydrogens (tertiary/aromatic N) is 1. The van der Waals surface area contributed by atoms with Crippen LogP contribution in [0.3, 0.4) is 0 Å². The van der Waals surface area contributed by atoms with Gasteiger partial charge in [-0.15, -0.1) is 0 Å². The predicted octanol–water partition coefficient (Wildman–Crippen LogP) is 7.35. The first-order valence-corrected chi connectivity index (χ1v) is 12.2. The maximum Gasteiger partial charge on any atom is 0.416 e. The molecule has 0 aliphatic carbocycles. The zero-order valence-corrected chi connectivity index (χ0v) is 21.7. The predicted molar refractivity (Wildman–Crippen MR) is 131 cm³/mol. The number of piperidine rings is 1. The highest BCUT2D eigenvalue weighted by atomic mass is 19.4. The Kier molecular flexibility index (Phi) is 11.6. The van der Waals surface area contributed by atoms with Crippen LogP contribution in [0.5, 0.6) is 0 Å². The minimum absolute atomic E-state index is 0.0444. The molecule has 1 aliphatic heterocycles. The van der Waals surface area contributed by atoms with E-state index in [2.05, 4.69) is 11.4 Å². The molecule has 0 spiro atoms. The first-order valence-electron chi connectivity index (χ1n) is 12.2. The average Bonchev–Trinajstić information content (AvgIpc) is 2.90. The quantitative estimate of drug-likeness (QED) is 0.396. The molecule has 0 unspecified atom stereocenters. The van der Waals surface area contributed by atoms with Crippen molar-refractivity contribution in [2.75, 3.05) is 13.2 Å². The maximum atomic E-state index is 13.2. The van der Waals surface area contributed by atoms with E-state index in [0.29, 0.717) is 25.0 Å². The number of halogens is 6. The Labute approximate surface area is 214 Å². The summed E-state index contributed by atoms with van der Waals surface area (Å²) in [7, 11) is 0. The molecule has 3 atom stereocenters. The van der Waals surface area contributed by atoms with Crippen LogP contribution in [0.1, 0.15) is 75.8 Å². The number of nitrogens with one attached hydrogen (secondary N) is 1. The van der Waals surface area contributed by atoms with Gasteiger partial charge in [0.2, 0.25) is 0 Å². The molecule has 10 heteroatoms. The van der Waals surface area contributed by atoms with Gasteiger partial charge in [-0.2, -0.15) is 31.6 Å². The van der Waals surface area contributed by atoms with Crippen LogP contribution in [0.4, 0.5) is 26.3 Å². The van der Waals surface area contributed by atoms with E-state index in [1.165, 1.54) is 6.92 Å². The molecule has 0 bridgehead atoms. The Morgan fingerprint density at radius 2 is 1.46 bits per heavy atom. The molecular formula is C27H35F6N3O. The Balaban J connectivity index is 0.00000163. The summed E-state index contributed by atoms with van der Waals surface area (Å²) in [6.45, 7) is 9.51. The number of nitriles is 1. The molecule has 0 radical (unpaired) electrons. The molecule has 4 nitrogen and oxygen atoms in total. The van der Waals surface area contributed by atoms with Gasteiger partial charge in [0, 0.05) is 6.54 Å². The van der Waals surface area contributed by atoms with E-state index < -0.39 is 40.7 Å². The summed E-state index contributed by atoms with van der Waals surface area (Å²) < 4.78 is 85.1. The second kappa shape index (κ2) is 13.3. The van der Waals surface area contributed by atoms with E-state index in [9.17, 15) is 31.6 Å². The number of nitrogens with two attached hydrogens (primary N) is 1. The average molecular weight is 532 g/mol. The van der Waals surface area contributed by atoms with Crippen molar-refractivity contribution in [1.82, 2.24) is 5.32 Å². The minimum Gasteiger partial charge on any atom is -0.372 e.